The number of hydrogen-bond donors (Lipinski definition) is 0. The average molecular weight is 417 g/mol. The fraction of sp³-hybridized carbons (Fsp3) is 0.400. The minimum Gasteiger partial charge on any atom is -0.415 e. The molecule has 1 fully saturated rings. The van der Waals surface area contributed by atoms with Gasteiger partial charge < -0.3 is 9.47 Å². The Hall–Kier alpha value is -1.85. The fourth-order valence-electron chi connectivity index (χ4n) is 2.17. The van der Waals surface area contributed by atoms with Crippen LogP contribution in [0.3, 0.4) is 0 Å². The van der Waals surface area contributed by atoms with Crippen LogP contribution < -0.4 is 0 Å². The molecule has 8 nitrogen and oxygen atoms in total. The molecule has 0 bridgehead atoms. The molecule has 0 radical (unpaired) electrons. The zero-order valence-corrected chi connectivity index (χ0v) is 16.9. The Morgan fingerprint density at radius 3 is 1.62 bits per heavy atom. The summed E-state index contributed by atoms with van der Waals surface area (Å²) in [7, 11) is 0. The molecule has 0 aromatic heterocycles. The summed E-state index contributed by atoms with van der Waals surface area (Å²) >= 11 is 7.00. The van der Waals surface area contributed by atoms with Crippen molar-refractivity contribution in [3.05, 3.63) is 20.0 Å². The molecule has 0 saturated carbocycles. The average Bonchev–Trinajstić information content (AvgIpc) is 2.88. The van der Waals surface area contributed by atoms with Crippen LogP contribution in [0.5, 0.6) is 0 Å². The van der Waals surface area contributed by atoms with Gasteiger partial charge in [-0.25, -0.2) is 0 Å². The van der Waals surface area contributed by atoms with Crippen molar-refractivity contribution in [3.8, 4) is 0 Å². The van der Waals surface area contributed by atoms with Crippen molar-refractivity contribution in [1.82, 2.24) is 9.80 Å². The van der Waals surface area contributed by atoms with E-state index in [1.54, 1.807) is 13.8 Å². The Bertz CT molecular complexity index is 715. The molecule has 2 amide bonds. The number of amides is 2. The Balaban J connectivity index is 2.46. The van der Waals surface area contributed by atoms with E-state index in [1.165, 1.54) is 23.6 Å². The summed E-state index contributed by atoms with van der Waals surface area (Å²) in [5, 5.41) is 0.177. The number of likely N-dealkylation sites (N-methyl/N-ethyl adjacent to an activating group) is 2. The predicted molar refractivity (Wildman–Crippen MR) is 100 cm³/mol. The largest absolute Gasteiger partial charge is 0.415 e. The maximum Gasteiger partial charge on any atom is 0.308 e. The Morgan fingerprint density at radius 2 is 1.31 bits per heavy atom. The van der Waals surface area contributed by atoms with E-state index in [9.17, 15) is 19.2 Å². The van der Waals surface area contributed by atoms with Crippen LogP contribution in [0.1, 0.15) is 27.7 Å². The molecule has 0 N–H and O–H groups in total. The van der Waals surface area contributed by atoms with Gasteiger partial charge in [0.25, 0.3) is 11.8 Å². The van der Waals surface area contributed by atoms with Gasteiger partial charge in [-0.1, -0.05) is 0 Å². The zero-order chi connectivity index (χ0) is 19.6. The van der Waals surface area contributed by atoms with Gasteiger partial charge in [0.2, 0.25) is 10.2 Å². The number of thiocarbonyl (C=S) groups is 1. The first-order valence-corrected chi connectivity index (χ1v) is 9.64. The van der Waals surface area contributed by atoms with Crippen molar-refractivity contribution in [3.63, 3.8) is 0 Å². The summed E-state index contributed by atoms with van der Waals surface area (Å²) in [5.41, 5.74) is -0.0934. The monoisotopic (exact) mass is 416 g/mol. The third-order valence-electron chi connectivity index (χ3n) is 3.23. The molecule has 0 unspecified atom stereocenters. The van der Waals surface area contributed by atoms with Crippen LogP contribution in [0.2, 0.25) is 0 Å². The number of ether oxygens (including phenoxy) is 2. The molecule has 26 heavy (non-hydrogen) atoms. The van der Waals surface area contributed by atoms with Crippen molar-refractivity contribution in [2.45, 2.75) is 27.7 Å². The van der Waals surface area contributed by atoms with Gasteiger partial charge in [0.05, 0.1) is 4.24 Å². The quantitative estimate of drug-likeness (QED) is 0.295. The van der Waals surface area contributed by atoms with Crippen LogP contribution in [0.25, 0.3) is 0 Å². The third-order valence-corrected chi connectivity index (χ3v) is 5.98. The highest BCUT2D eigenvalue weighted by Crippen LogP contribution is 2.52. The normalized spacial score (nSPS) is 18.1. The number of rotatable bonds is 4. The van der Waals surface area contributed by atoms with Gasteiger partial charge in [-0.3, -0.25) is 29.0 Å². The smallest absolute Gasteiger partial charge is 0.308 e. The van der Waals surface area contributed by atoms with Crippen molar-refractivity contribution >= 4 is 64.6 Å². The Kier molecular flexibility index (Phi) is 6.48. The minimum atomic E-state index is -0.614. The number of nitrogens with zero attached hydrogens (tertiary/aromatic N) is 2. The fourth-order valence-corrected chi connectivity index (χ4v) is 4.93. The number of carbonyl (C=O) groups is 4. The topological polar surface area (TPSA) is 93.2 Å². The lowest BCUT2D eigenvalue weighted by molar-refractivity contribution is -0.139. The molecule has 140 valence electrons. The SMILES string of the molecule is CCN1C(=O)C(=C2SC(OC(C)=O)=C(OC(C)=O)S2)C(=O)N(CC)C1=S. The van der Waals surface area contributed by atoms with Crippen molar-refractivity contribution in [2.75, 3.05) is 13.1 Å². The van der Waals surface area contributed by atoms with Crippen molar-refractivity contribution < 1.29 is 28.7 Å². The predicted octanol–water partition coefficient (Wildman–Crippen LogP) is 1.93. The molecule has 0 aromatic rings. The van der Waals surface area contributed by atoms with E-state index in [0.29, 0.717) is 13.1 Å². The molecule has 1 saturated heterocycles. The van der Waals surface area contributed by atoms with E-state index in [-0.39, 0.29) is 25.1 Å². The van der Waals surface area contributed by atoms with E-state index >= 15 is 0 Å². The number of thioether (sulfide) groups is 2. The maximum absolute atomic E-state index is 12.8. The van der Waals surface area contributed by atoms with Crippen LogP contribution in [-0.2, 0) is 28.7 Å². The summed E-state index contributed by atoms with van der Waals surface area (Å²) in [6.45, 7) is 6.49. The Labute approximate surface area is 163 Å². The molecule has 11 heteroatoms. The number of esters is 2. The van der Waals surface area contributed by atoms with E-state index in [0.717, 1.165) is 23.5 Å². The molecular formula is C15H16N2O6S3. The first-order valence-electron chi connectivity index (χ1n) is 7.59. The van der Waals surface area contributed by atoms with Crippen molar-refractivity contribution in [1.29, 1.82) is 0 Å². The summed E-state index contributed by atoms with van der Waals surface area (Å²) in [6.07, 6.45) is 0. The molecule has 0 aromatic carbocycles. The highest BCUT2D eigenvalue weighted by atomic mass is 32.2. The highest BCUT2D eigenvalue weighted by molar-refractivity contribution is 8.28. The number of hydrogen-bond acceptors (Lipinski definition) is 9. The second-order valence-corrected chi connectivity index (χ2v) is 7.60. The Morgan fingerprint density at radius 1 is 0.923 bits per heavy atom. The van der Waals surface area contributed by atoms with E-state index in [4.69, 9.17) is 21.7 Å². The molecule has 2 aliphatic rings. The van der Waals surface area contributed by atoms with Crippen LogP contribution >= 0.6 is 35.7 Å². The second kappa shape index (κ2) is 8.23. The van der Waals surface area contributed by atoms with Crippen LogP contribution in [-0.4, -0.2) is 51.8 Å². The van der Waals surface area contributed by atoms with E-state index in [2.05, 4.69) is 0 Å². The van der Waals surface area contributed by atoms with E-state index < -0.39 is 23.8 Å². The van der Waals surface area contributed by atoms with Gasteiger partial charge in [-0.05, 0) is 49.6 Å². The van der Waals surface area contributed by atoms with Gasteiger partial charge in [-0.15, -0.1) is 0 Å². The number of carbonyl (C=O) groups excluding carboxylic acids is 4. The first kappa shape index (κ1) is 20.5. The lowest BCUT2D eigenvalue weighted by Gasteiger charge is -2.35. The molecule has 2 rings (SSSR count). The molecule has 2 heterocycles. The molecule has 0 aliphatic carbocycles. The highest BCUT2D eigenvalue weighted by Gasteiger charge is 2.43. The van der Waals surface area contributed by atoms with Crippen LogP contribution in [0.15, 0.2) is 20.0 Å². The zero-order valence-electron chi connectivity index (χ0n) is 14.5. The van der Waals surface area contributed by atoms with Crippen LogP contribution in [0, 0.1) is 0 Å². The van der Waals surface area contributed by atoms with Gasteiger partial charge >= 0.3 is 11.9 Å². The van der Waals surface area contributed by atoms with E-state index in [1.807, 2.05) is 0 Å². The first-order chi connectivity index (χ1) is 12.2. The minimum absolute atomic E-state index is 0.0139. The van der Waals surface area contributed by atoms with Crippen molar-refractivity contribution in [2.24, 2.45) is 0 Å². The summed E-state index contributed by atoms with van der Waals surface area (Å²) in [5.74, 6) is -2.30. The molecular weight excluding hydrogens is 400 g/mol. The lowest BCUT2D eigenvalue weighted by Crippen LogP contribution is -2.56. The third kappa shape index (κ3) is 3.94. The van der Waals surface area contributed by atoms with Gasteiger partial charge in [0, 0.05) is 26.9 Å². The summed E-state index contributed by atoms with van der Waals surface area (Å²) in [6, 6.07) is 0. The second-order valence-electron chi connectivity index (χ2n) is 5.01. The van der Waals surface area contributed by atoms with Gasteiger partial charge in [-0.2, -0.15) is 0 Å². The molecule has 2 aliphatic heterocycles. The van der Waals surface area contributed by atoms with Gasteiger partial charge in [0.1, 0.15) is 5.57 Å². The standard InChI is InChI=1S/C15H16N2O6S3/c1-5-16-10(20)9(11(21)17(6-2)15(16)24)14-25-12(22-7(3)18)13(26-14)23-8(4)19/h5-6H2,1-4H3. The lowest BCUT2D eigenvalue weighted by atomic mass is 10.2. The molecule has 0 atom stereocenters. The molecule has 0 spiro atoms. The van der Waals surface area contributed by atoms with Gasteiger partial charge in [0.15, 0.2) is 5.11 Å². The summed E-state index contributed by atoms with van der Waals surface area (Å²) in [4.78, 5) is 50.7. The maximum atomic E-state index is 12.8. The van der Waals surface area contributed by atoms with Crippen LogP contribution in [0.4, 0.5) is 0 Å². The summed E-state index contributed by atoms with van der Waals surface area (Å²) < 4.78 is 10.3.